The first kappa shape index (κ1) is 72.7. The zero-order valence-electron chi connectivity index (χ0n) is 45.5. The van der Waals surface area contributed by atoms with Crippen LogP contribution in [0.15, 0.2) is 196 Å². The van der Waals surface area contributed by atoms with Crippen LogP contribution in [0.4, 0.5) is 0 Å². The quantitative estimate of drug-likeness (QED) is 0.0254. The fourth-order valence-corrected chi connectivity index (χ4v) is 10.3. The van der Waals surface area contributed by atoms with Gasteiger partial charge in [0.1, 0.15) is 31.3 Å². The second-order valence-corrected chi connectivity index (χ2v) is 26.4. The number of carboxylic acid groups (broad SMARTS) is 1. The zero-order chi connectivity index (χ0) is 60.1. The number of benzene rings is 6. The molecule has 6 rings (SSSR count). The highest BCUT2D eigenvalue weighted by Crippen LogP contribution is 2.16. The lowest BCUT2D eigenvalue weighted by atomic mass is 10.1. The van der Waals surface area contributed by atoms with Crippen molar-refractivity contribution < 1.29 is 67.2 Å². The standard InChI is InChI=1S/C19H23NO4S.C13H19NO2.C12H17NO4S.C7H8O3S.C6H5ClO2S.CH4/c1-15(2)13-18(19(21)24-14-16-9-5-3-6-10-16)20-25(22,23)17-11-7-4-8-12-17;1-10(2)8-12(14)13(15)16-9-11-6-4-3-5-7-11;1-9(2)8-11(12(14)15)13-18(16,17)10-6-4-3-5-7-10;1-6-2-4-7(5-3-6)11(8,9)10;7-10(8,9)6-4-2-1-3-5-6;/h3-12,15,18,20H,13-14H2,1-2H3;3-7,10,12H,8-9,14H2,1-2H3;3-7,9,11,13H,8H2,1-2H3,(H,14,15);2-5H,1H3,(H,8,9,10);1-5H;1H4/t18-;12-;11-;;;/m000.../s1. The number of carbonyl (C=O) groups is 3. The van der Waals surface area contributed by atoms with E-state index in [1.807, 2.05) is 109 Å². The predicted octanol–water partition coefficient (Wildman–Crippen LogP) is 10.2. The van der Waals surface area contributed by atoms with Crippen molar-refractivity contribution in [3.05, 3.63) is 193 Å². The van der Waals surface area contributed by atoms with Crippen LogP contribution in [0, 0.1) is 24.7 Å². The van der Waals surface area contributed by atoms with Gasteiger partial charge in [-0.1, -0.05) is 182 Å². The molecule has 81 heavy (non-hydrogen) atoms. The average Bonchev–Trinajstić information content (AvgIpc) is 3.40. The minimum Gasteiger partial charge on any atom is -0.480 e. The summed E-state index contributed by atoms with van der Waals surface area (Å²) in [7, 11) is -10.1. The Labute approximate surface area is 483 Å². The van der Waals surface area contributed by atoms with E-state index in [0.717, 1.165) is 16.7 Å². The number of esters is 2. The molecule has 6 aromatic rings. The van der Waals surface area contributed by atoms with Crippen LogP contribution in [0.1, 0.15) is 84.9 Å². The highest BCUT2D eigenvalue weighted by molar-refractivity contribution is 8.13. The number of sulfonamides is 2. The first-order chi connectivity index (χ1) is 37.4. The number of hydrogen-bond acceptors (Lipinski definition) is 14. The molecule has 0 saturated heterocycles. The first-order valence-corrected chi connectivity index (χ1v) is 31.7. The number of aryl methyl sites for hydroxylation is 1. The van der Waals surface area contributed by atoms with E-state index >= 15 is 0 Å². The Morgan fingerprint density at radius 2 is 0.802 bits per heavy atom. The van der Waals surface area contributed by atoms with E-state index in [1.54, 1.807) is 66.7 Å². The molecule has 0 aliphatic heterocycles. The molecule has 6 N–H and O–H groups in total. The maximum atomic E-state index is 12.5. The zero-order valence-corrected chi connectivity index (χ0v) is 49.6. The molecular formula is C58H76ClN3O15S4. The fraction of sp³-hybridized carbons (Fsp3) is 0.328. The second kappa shape index (κ2) is 36.2. The number of nitrogens with one attached hydrogen (secondary N) is 2. The van der Waals surface area contributed by atoms with Crippen LogP contribution in [0.25, 0.3) is 0 Å². The largest absolute Gasteiger partial charge is 0.480 e. The van der Waals surface area contributed by atoms with Crippen molar-refractivity contribution in [1.29, 1.82) is 0 Å². The van der Waals surface area contributed by atoms with Crippen LogP contribution in [0.2, 0.25) is 0 Å². The van der Waals surface area contributed by atoms with Gasteiger partial charge in [-0.15, -0.1) is 0 Å². The molecular weight excluding hydrogens is 1140 g/mol. The van der Waals surface area contributed by atoms with Crippen LogP contribution in [0.5, 0.6) is 0 Å². The van der Waals surface area contributed by atoms with E-state index in [1.165, 1.54) is 48.5 Å². The number of nitrogens with two attached hydrogens (primary N) is 1. The van der Waals surface area contributed by atoms with Crippen molar-refractivity contribution in [2.24, 2.45) is 23.5 Å². The first-order valence-electron chi connectivity index (χ1n) is 25.0. The van der Waals surface area contributed by atoms with E-state index in [0.29, 0.717) is 25.4 Å². The van der Waals surface area contributed by atoms with Crippen molar-refractivity contribution >= 4 is 67.8 Å². The van der Waals surface area contributed by atoms with Crippen molar-refractivity contribution in [2.75, 3.05) is 0 Å². The molecule has 0 radical (unpaired) electrons. The number of hydrogen-bond donors (Lipinski definition) is 5. The Balaban J connectivity index is 0.000000524. The molecule has 0 heterocycles. The Bertz CT molecular complexity index is 3240. The van der Waals surface area contributed by atoms with Crippen molar-refractivity contribution in [2.45, 2.75) is 126 Å². The maximum absolute atomic E-state index is 12.5. The Hall–Kier alpha value is -6.34. The third kappa shape index (κ3) is 30.3. The van der Waals surface area contributed by atoms with Gasteiger partial charge in [-0.3, -0.25) is 18.9 Å². The van der Waals surface area contributed by atoms with Gasteiger partial charge in [0, 0.05) is 10.7 Å². The summed E-state index contributed by atoms with van der Waals surface area (Å²) in [6.45, 7) is 13.8. The molecule has 6 aromatic carbocycles. The van der Waals surface area contributed by atoms with Gasteiger partial charge >= 0.3 is 17.9 Å². The van der Waals surface area contributed by atoms with E-state index in [4.69, 9.17) is 35.5 Å². The number of carboxylic acids is 1. The Morgan fingerprint density at radius 3 is 1.12 bits per heavy atom. The maximum Gasteiger partial charge on any atom is 0.324 e. The highest BCUT2D eigenvalue weighted by atomic mass is 35.7. The van der Waals surface area contributed by atoms with Crippen molar-refractivity contribution in [3.8, 4) is 0 Å². The summed E-state index contributed by atoms with van der Waals surface area (Å²) < 4.78 is 115. The van der Waals surface area contributed by atoms with E-state index in [9.17, 15) is 48.1 Å². The van der Waals surface area contributed by atoms with Gasteiger partial charge in [-0.25, -0.2) is 25.3 Å². The molecule has 0 bridgehead atoms. The Morgan fingerprint density at radius 1 is 0.481 bits per heavy atom. The topological polar surface area (TPSA) is 297 Å². The van der Waals surface area contributed by atoms with E-state index < -0.39 is 69.3 Å². The molecule has 23 heteroatoms. The van der Waals surface area contributed by atoms with Gasteiger partial charge in [0.25, 0.3) is 19.2 Å². The summed E-state index contributed by atoms with van der Waals surface area (Å²) in [5.41, 5.74) is 8.49. The molecule has 0 fully saturated rings. The van der Waals surface area contributed by atoms with Crippen molar-refractivity contribution in [3.63, 3.8) is 0 Å². The molecule has 0 unspecified atom stereocenters. The molecule has 0 aliphatic rings. The summed E-state index contributed by atoms with van der Waals surface area (Å²) in [5, 5.41) is 9.01. The summed E-state index contributed by atoms with van der Waals surface area (Å²) in [6.07, 6.45) is 1.27. The van der Waals surface area contributed by atoms with E-state index in [2.05, 4.69) is 9.44 Å². The summed E-state index contributed by atoms with van der Waals surface area (Å²) >= 11 is 0. The van der Waals surface area contributed by atoms with Crippen molar-refractivity contribution in [1.82, 2.24) is 9.44 Å². The number of rotatable bonds is 21. The Kier molecular flexibility index (Phi) is 32.5. The molecule has 3 atom stereocenters. The number of aliphatic carboxylic acids is 1. The lowest BCUT2D eigenvalue weighted by molar-refractivity contribution is -0.148. The minimum atomic E-state index is -4.02. The monoisotopic (exact) mass is 1220 g/mol. The third-order valence-corrected chi connectivity index (χ3v) is 15.7. The van der Waals surface area contributed by atoms with Crippen LogP contribution < -0.4 is 15.2 Å². The predicted molar refractivity (Wildman–Crippen MR) is 315 cm³/mol. The number of ether oxygens (including phenoxy) is 2. The van der Waals surface area contributed by atoms with E-state index in [-0.39, 0.29) is 57.8 Å². The van der Waals surface area contributed by atoms with Crippen LogP contribution in [-0.2, 0) is 76.3 Å². The van der Waals surface area contributed by atoms with Crippen LogP contribution in [0.3, 0.4) is 0 Å². The summed E-state index contributed by atoms with van der Waals surface area (Å²) in [5.74, 6) is -1.44. The molecule has 0 spiro atoms. The smallest absolute Gasteiger partial charge is 0.324 e. The molecule has 0 amide bonds. The van der Waals surface area contributed by atoms with Gasteiger partial charge in [-0.05, 0) is 104 Å². The summed E-state index contributed by atoms with van der Waals surface area (Å²) in [4.78, 5) is 35.2. The lowest BCUT2D eigenvalue weighted by Gasteiger charge is -2.19. The minimum absolute atomic E-state index is 0. The molecule has 0 aromatic heterocycles. The van der Waals surface area contributed by atoms with Crippen LogP contribution in [-0.4, -0.2) is 79.4 Å². The molecule has 0 saturated carbocycles. The molecule has 18 nitrogen and oxygen atoms in total. The van der Waals surface area contributed by atoms with Crippen LogP contribution >= 0.6 is 10.7 Å². The number of carbonyl (C=O) groups excluding carboxylic acids is 2. The average molecular weight is 1220 g/mol. The van der Waals surface area contributed by atoms with Gasteiger partial charge < -0.3 is 20.3 Å². The van der Waals surface area contributed by atoms with Gasteiger partial charge in [0.15, 0.2) is 0 Å². The lowest BCUT2D eigenvalue weighted by Crippen LogP contribution is -2.42. The normalized spacial score (nSPS) is 12.4. The fourth-order valence-electron chi connectivity index (χ4n) is 6.61. The van der Waals surface area contributed by atoms with Gasteiger partial charge in [0.2, 0.25) is 20.0 Å². The summed E-state index contributed by atoms with van der Waals surface area (Å²) in [6, 6.07) is 45.9. The van der Waals surface area contributed by atoms with Gasteiger partial charge in [0.05, 0.1) is 19.6 Å². The third-order valence-electron chi connectivity index (χ3n) is 10.5. The number of halogens is 1. The highest BCUT2D eigenvalue weighted by Gasteiger charge is 2.28. The van der Waals surface area contributed by atoms with Gasteiger partial charge in [-0.2, -0.15) is 17.9 Å². The SMILES string of the molecule is C.CC(C)C[C@H](N)C(=O)OCc1ccccc1.CC(C)C[C@H](NS(=O)(=O)c1ccccc1)C(=O)O.CC(C)C[C@H](NS(=O)(=O)c1ccccc1)C(=O)OCc1ccccc1.Cc1ccc(S(=O)(=O)O)cc1.O=S(=O)(Cl)c1ccccc1. The molecule has 0 aliphatic carbocycles. The molecule has 444 valence electrons. The second-order valence-electron chi connectivity index (χ2n) is 19.0.